The molecule has 0 saturated heterocycles. The van der Waals surface area contributed by atoms with Crippen LogP contribution in [0.2, 0.25) is 0 Å². The summed E-state index contributed by atoms with van der Waals surface area (Å²) in [4.78, 5) is 0. The van der Waals surface area contributed by atoms with E-state index >= 15 is 0 Å². The smallest absolute Gasteiger partial charge is 0.00204 e. The van der Waals surface area contributed by atoms with E-state index in [1.807, 2.05) is 0 Å². The summed E-state index contributed by atoms with van der Waals surface area (Å²) in [6.45, 7) is 0.886. The first kappa shape index (κ1) is 10.2. The molecular weight excluding hydrogens is 190 g/mol. The van der Waals surface area contributed by atoms with Crippen LogP contribution in [0.3, 0.4) is 0 Å². The number of rotatable bonds is 4. The maximum atomic E-state index is 5.91. The highest BCUT2D eigenvalue weighted by molar-refractivity contribution is 7.07. The van der Waals surface area contributed by atoms with Crippen LogP contribution in [-0.4, -0.2) is 6.54 Å². The maximum Gasteiger partial charge on any atom is -0.00204 e. The Kier molecular flexibility index (Phi) is 3.24. The average Bonchev–Trinajstić information content (AvgIpc) is 2.87. The van der Waals surface area contributed by atoms with E-state index in [-0.39, 0.29) is 0 Å². The molecule has 2 N–H and O–H groups in total. The first-order valence-corrected chi connectivity index (χ1v) is 6.50. The van der Waals surface area contributed by atoms with E-state index in [9.17, 15) is 0 Å². The van der Waals surface area contributed by atoms with Gasteiger partial charge in [-0.3, -0.25) is 0 Å². The Morgan fingerprint density at radius 3 is 2.71 bits per heavy atom. The summed E-state index contributed by atoms with van der Waals surface area (Å²) >= 11 is 1.80. The molecule has 1 fully saturated rings. The van der Waals surface area contributed by atoms with Crippen LogP contribution >= 0.6 is 11.3 Å². The molecule has 1 aromatic heterocycles. The summed E-state index contributed by atoms with van der Waals surface area (Å²) in [7, 11) is 0. The van der Waals surface area contributed by atoms with Crippen molar-refractivity contribution >= 4 is 11.3 Å². The quantitative estimate of drug-likeness (QED) is 0.809. The third kappa shape index (κ3) is 2.18. The van der Waals surface area contributed by atoms with Crippen molar-refractivity contribution in [1.29, 1.82) is 0 Å². The van der Waals surface area contributed by atoms with E-state index in [1.165, 1.54) is 44.1 Å². The van der Waals surface area contributed by atoms with Crippen LogP contribution in [0.1, 0.15) is 37.7 Å². The van der Waals surface area contributed by atoms with Gasteiger partial charge in [0.1, 0.15) is 0 Å². The van der Waals surface area contributed by atoms with Crippen LogP contribution in [0.25, 0.3) is 0 Å². The van der Waals surface area contributed by atoms with Crippen molar-refractivity contribution in [3.8, 4) is 0 Å². The summed E-state index contributed by atoms with van der Waals surface area (Å²) < 4.78 is 0. The van der Waals surface area contributed by atoms with Crippen molar-refractivity contribution in [2.45, 2.75) is 38.5 Å². The number of thiophene rings is 1. The van der Waals surface area contributed by atoms with Crippen LogP contribution in [-0.2, 0) is 6.42 Å². The van der Waals surface area contributed by atoms with Gasteiger partial charge in [-0.25, -0.2) is 0 Å². The Bertz CT molecular complexity index is 260. The molecule has 0 spiro atoms. The molecule has 0 bridgehead atoms. The van der Waals surface area contributed by atoms with Gasteiger partial charge in [-0.1, -0.05) is 12.8 Å². The van der Waals surface area contributed by atoms with Gasteiger partial charge < -0.3 is 5.73 Å². The van der Waals surface area contributed by atoms with Gasteiger partial charge in [-0.15, -0.1) is 0 Å². The molecule has 1 aliphatic rings. The fourth-order valence-corrected chi connectivity index (χ4v) is 3.23. The Morgan fingerprint density at radius 1 is 1.36 bits per heavy atom. The molecule has 0 amide bonds. The van der Waals surface area contributed by atoms with E-state index in [4.69, 9.17) is 5.73 Å². The molecule has 78 valence electrons. The van der Waals surface area contributed by atoms with Gasteiger partial charge in [0.2, 0.25) is 0 Å². The summed E-state index contributed by atoms with van der Waals surface area (Å²) in [6.07, 6.45) is 8.00. The molecule has 1 heterocycles. The molecule has 0 atom stereocenters. The number of hydrogen-bond donors (Lipinski definition) is 1. The Morgan fingerprint density at radius 2 is 2.14 bits per heavy atom. The predicted molar refractivity (Wildman–Crippen MR) is 62.6 cm³/mol. The molecule has 2 heteroatoms. The zero-order valence-electron chi connectivity index (χ0n) is 8.67. The lowest BCUT2D eigenvalue weighted by atomic mass is 9.81. The van der Waals surface area contributed by atoms with Gasteiger partial charge in [-0.05, 0) is 60.0 Å². The fraction of sp³-hybridized carbons (Fsp3) is 0.667. The summed E-state index contributed by atoms with van der Waals surface area (Å²) in [5.74, 6) is 0. The number of hydrogen-bond acceptors (Lipinski definition) is 2. The molecule has 1 aliphatic carbocycles. The van der Waals surface area contributed by atoms with E-state index < -0.39 is 0 Å². The highest BCUT2D eigenvalue weighted by atomic mass is 32.1. The van der Waals surface area contributed by atoms with Gasteiger partial charge in [0.05, 0.1) is 0 Å². The first-order chi connectivity index (χ1) is 6.85. The van der Waals surface area contributed by atoms with E-state index in [1.54, 1.807) is 11.3 Å². The zero-order valence-corrected chi connectivity index (χ0v) is 9.48. The van der Waals surface area contributed by atoms with Crippen LogP contribution in [0, 0.1) is 5.41 Å². The summed E-state index contributed by atoms with van der Waals surface area (Å²) in [6, 6.07) is 2.24. The average molecular weight is 209 g/mol. The lowest BCUT2D eigenvalue weighted by molar-refractivity contribution is 0.283. The molecule has 14 heavy (non-hydrogen) atoms. The van der Waals surface area contributed by atoms with Crippen LogP contribution in [0.5, 0.6) is 0 Å². The van der Waals surface area contributed by atoms with Crippen molar-refractivity contribution in [2.24, 2.45) is 11.1 Å². The third-order valence-electron chi connectivity index (χ3n) is 3.62. The van der Waals surface area contributed by atoms with Crippen LogP contribution in [0.4, 0.5) is 0 Å². The largest absolute Gasteiger partial charge is 0.330 e. The normalized spacial score (nSPS) is 20.1. The second-order valence-corrected chi connectivity index (χ2v) is 5.32. The van der Waals surface area contributed by atoms with Crippen LogP contribution in [0.15, 0.2) is 16.8 Å². The summed E-state index contributed by atoms with van der Waals surface area (Å²) in [5.41, 5.74) is 7.89. The Labute approximate surface area is 90.3 Å². The van der Waals surface area contributed by atoms with Gasteiger partial charge in [0.25, 0.3) is 0 Å². The van der Waals surface area contributed by atoms with Crippen molar-refractivity contribution in [3.05, 3.63) is 22.4 Å². The zero-order chi connectivity index (χ0) is 9.86. The lowest BCUT2D eigenvalue weighted by Gasteiger charge is -2.26. The number of aryl methyl sites for hydroxylation is 1. The molecule has 1 aromatic rings. The topological polar surface area (TPSA) is 26.0 Å². The van der Waals surface area contributed by atoms with Crippen LogP contribution < -0.4 is 5.73 Å². The Balaban J connectivity index is 1.89. The minimum Gasteiger partial charge on any atom is -0.330 e. The molecule has 1 saturated carbocycles. The molecule has 0 unspecified atom stereocenters. The minimum atomic E-state index is 0.488. The van der Waals surface area contributed by atoms with Crippen molar-refractivity contribution < 1.29 is 0 Å². The van der Waals surface area contributed by atoms with E-state index in [0.29, 0.717) is 5.41 Å². The fourth-order valence-electron chi connectivity index (χ4n) is 2.53. The van der Waals surface area contributed by atoms with Gasteiger partial charge in [0.15, 0.2) is 0 Å². The van der Waals surface area contributed by atoms with Crippen molar-refractivity contribution in [3.63, 3.8) is 0 Å². The first-order valence-electron chi connectivity index (χ1n) is 5.56. The third-order valence-corrected chi connectivity index (χ3v) is 4.35. The molecule has 0 radical (unpaired) electrons. The van der Waals surface area contributed by atoms with Crippen molar-refractivity contribution in [2.75, 3.05) is 6.54 Å². The maximum absolute atomic E-state index is 5.91. The summed E-state index contributed by atoms with van der Waals surface area (Å²) in [5, 5.41) is 4.43. The lowest BCUT2D eigenvalue weighted by Crippen LogP contribution is -2.27. The molecular formula is C12H19NS. The minimum absolute atomic E-state index is 0.488. The molecule has 0 aromatic carbocycles. The SMILES string of the molecule is NCC1(CCc2ccsc2)CCCC1. The predicted octanol–water partition coefficient (Wildman–Crippen LogP) is 3.20. The molecule has 2 rings (SSSR count). The van der Waals surface area contributed by atoms with Gasteiger partial charge in [-0.2, -0.15) is 11.3 Å². The highest BCUT2D eigenvalue weighted by Crippen LogP contribution is 2.40. The monoisotopic (exact) mass is 209 g/mol. The van der Waals surface area contributed by atoms with Gasteiger partial charge >= 0.3 is 0 Å². The highest BCUT2D eigenvalue weighted by Gasteiger charge is 2.31. The van der Waals surface area contributed by atoms with Gasteiger partial charge in [0, 0.05) is 0 Å². The standard InChI is InChI=1S/C12H19NS/c13-10-12(5-1-2-6-12)7-3-11-4-8-14-9-11/h4,8-9H,1-3,5-7,10,13H2. The second kappa shape index (κ2) is 4.45. The molecule has 1 nitrogen and oxygen atoms in total. The van der Waals surface area contributed by atoms with Crippen molar-refractivity contribution in [1.82, 2.24) is 0 Å². The second-order valence-electron chi connectivity index (χ2n) is 4.54. The Hall–Kier alpha value is -0.340. The van der Waals surface area contributed by atoms with E-state index in [2.05, 4.69) is 16.8 Å². The number of nitrogens with two attached hydrogens (primary N) is 1. The molecule has 0 aliphatic heterocycles. The van der Waals surface area contributed by atoms with E-state index in [0.717, 1.165) is 6.54 Å².